The fourth-order valence-electron chi connectivity index (χ4n) is 1.99. The van der Waals surface area contributed by atoms with Crippen LogP contribution in [-0.4, -0.2) is 22.8 Å². The summed E-state index contributed by atoms with van der Waals surface area (Å²) in [5, 5.41) is 1.00. The molecule has 0 N–H and O–H groups in total. The number of aryl methyl sites for hydroxylation is 1. The number of hydrogen-bond acceptors (Lipinski definition) is 1. The Hall–Kier alpha value is -0.410. The molecule has 0 unspecified atom stereocenters. The summed E-state index contributed by atoms with van der Waals surface area (Å²) >= 11 is 3.49. The van der Waals surface area contributed by atoms with Crippen LogP contribution in [0.15, 0.2) is 18.2 Å². The van der Waals surface area contributed by atoms with Crippen LogP contribution in [0.4, 0.5) is 4.39 Å². The predicted octanol–water partition coefficient (Wildman–Crippen LogP) is 3.49. The van der Waals surface area contributed by atoms with Crippen LogP contribution in [0.1, 0.15) is 24.0 Å². The van der Waals surface area contributed by atoms with E-state index in [2.05, 4.69) is 20.8 Å². The molecule has 0 bridgehead atoms. The quantitative estimate of drug-likeness (QED) is 0.749. The first-order chi connectivity index (χ1) is 7.70. The van der Waals surface area contributed by atoms with Crippen molar-refractivity contribution < 1.29 is 4.39 Å². The van der Waals surface area contributed by atoms with Gasteiger partial charge in [-0.05, 0) is 43.0 Å². The van der Waals surface area contributed by atoms with Crippen LogP contribution >= 0.6 is 15.9 Å². The first kappa shape index (κ1) is 12.1. The van der Waals surface area contributed by atoms with Crippen LogP contribution < -0.4 is 0 Å². The molecule has 0 saturated heterocycles. The number of rotatable bonds is 5. The van der Waals surface area contributed by atoms with Crippen molar-refractivity contribution in [3.63, 3.8) is 0 Å². The maximum Gasteiger partial charge on any atom is 0.123 e. The molecule has 1 fully saturated rings. The lowest BCUT2D eigenvalue weighted by atomic mass is 10.1. The van der Waals surface area contributed by atoms with Gasteiger partial charge in [-0.2, -0.15) is 0 Å². The third-order valence-corrected chi connectivity index (χ3v) is 3.47. The minimum Gasteiger partial charge on any atom is -0.295 e. The summed E-state index contributed by atoms with van der Waals surface area (Å²) in [6.45, 7) is 4.00. The van der Waals surface area contributed by atoms with Gasteiger partial charge >= 0.3 is 0 Å². The lowest BCUT2D eigenvalue weighted by Gasteiger charge is -2.21. The highest BCUT2D eigenvalue weighted by molar-refractivity contribution is 9.09. The molecule has 0 aliphatic heterocycles. The normalized spacial score (nSPS) is 15.8. The number of nitrogens with zero attached hydrogens (tertiary/aromatic N) is 1. The fourth-order valence-corrected chi connectivity index (χ4v) is 2.45. The first-order valence-corrected chi connectivity index (χ1v) is 6.88. The molecule has 0 radical (unpaired) electrons. The van der Waals surface area contributed by atoms with E-state index in [0.717, 1.165) is 30.0 Å². The van der Waals surface area contributed by atoms with Gasteiger partial charge in [0.25, 0.3) is 0 Å². The minimum atomic E-state index is -0.139. The van der Waals surface area contributed by atoms with Crippen molar-refractivity contribution in [3.05, 3.63) is 35.1 Å². The van der Waals surface area contributed by atoms with E-state index in [4.69, 9.17) is 0 Å². The van der Waals surface area contributed by atoms with Gasteiger partial charge in [-0.1, -0.05) is 22.0 Å². The van der Waals surface area contributed by atoms with Crippen LogP contribution in [0.25, 0.3) is 0 Å². The number of benzene rings is 1. The molecule has 1 aliphatic carbocycles. The second kappa shape index (κ2) is 5.28. The molecule has 3 heteroatoms. The molecule has 0 amide bonds. The summed E-state index contributed by atoms with van der Waals surface area (Å²) < 4.78 is 13.0. The smallest absolute Gasteiger partial charge is 0.123 e. The van der Waals surface area contributed by atoms with Crippen LogP contribution in [0.3, 0.4) is 0 Å². The Kier molecular flexibility index (Phi) is 3.98. The van der Waals surface area contributed by atoms with Crippen molar-refractivity contribution >= 4 is 15.9 Å². The molecule has 1 nitrogen and oxygen atoms in total. The van der Waals surface area contributed by atoms with Crippen molar-refractivity contribution in [1.29, 1.82) is 0 Å². The highest BCUT2D eigenvalue weighted by Gasteiger charge is 2.28. The Morgan fingerprint density at radius 3 is 2.75 bits per heavy atom. The van der Waals surface area contributed by atoms with Gasteiger partial charge in [0.05, 0.1) is 0 Å². The van der Waals surface area contributed by atoms with Gasteiger partial charge in [-0.25, -0.2) is 4.39 Å². The lowest BCUT2D eigenvalue weighted by molar-refractivity contribution is 0.272. The minimum absolute atomic E-state index is 0.139. The molecular weight excluding hydrogens is 269 g/mol. The van der Waals surface area contributed by atoms with Crippen molar-refractivity contribution in [2.45, 2.75) is 32.4 Å². The van der Waals surface area contributed by atoms with E-state index in [0.29, 0.717) is 0 Å². The Bertz CT molecular complexity index is 363. The molecule has 0 atom stereocenters. The van der Waals surface area contributed by atoms with Crippen molar-refractivity contribution in [2.24, 2.45) is 0 Å². The molecule has 0 spiro atoms. The molecular formula is C13H17BrFN. The predicted molar refractivity (Wildman–Crippen MR) is 68.4 cm³/mol. The maximum atomic E-state index is 13.0. The average molecular weight is 286 g/mol. The number of halogens is 2. The average Bonchev–Trinajstić information content (AvgIpc) is 3.04. The summed E-state index contributed by atoms with van der Waals surface area (Å²) in [6.07, 6.45) is 2.63. The van der Waals surface area contributed by atoms with Gasteiger partial charge in [0, 0.05) is 24.5 Å². The largest absolute Gasteiger partial charge is 0.295 e. The van der Waals surface area contributed by atoms with E-state index < -0.39 is 0 Å². The Labute approximate surface area is 105 Å². The van der Waals surface area contributed by atoms with Crippen molar-refractivity contribution in [2.75, 3.05) is 11.9 Å². The lowest BCUT2D eigenvalue weighted by Crippen LogP contribution is -2.27. The van der Waals surface area contributed by atoms with Gasteiger partial charge in [-0.3, -0.25) is 4.90 Å². The van der Waals surface area contributed by atoms with E-state index in [1.807, 2.05) is 13.0 Å². The zero-order valence-corrected chi connectivity index (χ0v) is 11.1. The topological polar surface area (TPSA) is 3.24 Å². The first-order valence-electron chi connectivity index (χ1n) is 5.75. The zero-order valence-electron chi connectivity index (χ0n) is 9.55. The molecule has 2 rings (SSSR count). The molecule has 1 aromatic carbocycles. The second-order valence-electron chi connectivity index (χ2n) is 4.46. The summed E-state index contributed by atoms with van der Waals surface area (Å²) in [5.41, 5.74) is 2.30. The van der Waals surface area contributed by atoms with E-state index in [1.165, 1.54) is 18.4 Å². The summed E-state index contributed by atoms with van der Waals surface area (Å²) in [5.74, 6) is -0.139. The van der Waals surface area contributed by atoms with Crippen molar-refractivity contribution in [1.82, 2.24) is 4.90 Å². The fraction of sp³-hybridized carbons (Fsp3) is 0.538. The van der Waals surface area contributed by atoms with Crippen molar-refractivity contribution in [3.8, 4) is 0 Å². The van der Waals surface area contributed by atoms with Gasteiger partial charge in [0.15, 0.2) is 0 Å². The van der Waals surface area contributed by atoms with Crippen LogP contribution in [0, 0.1) is 12.7 Å². The summed E-state index contributed by atoms with van der Waals surface area (Å²) in [6, 6.07) is 5.84. The number of hydrogen-bond donors (Lipinski definition) is 0. The Morgan fingerprint density at radius 2 is 2.19 bits per heavy atom. The zero-order chi connectivity index (χ0) is 11.5. The van der Waals surface area contributed by atoms with Crippen LogP contribution in [0.2, 0.25) is 0 Å². The van der Waals surface area contributed by atoms with Crippen LogP contribution in [-0.2, 0) is 6.54 Å². The SMILES string of the molecule is Cc1cc(F)ccc1CN(CCBr)C1CC1. The van der Waals surface area contributed by atoms with Gasteiger partial charge in [0.1, 0.15) is 5.82 Å². The van der Waals surface area contributed by atoms with E-state index in [1.54, 1.807) is 12.1 Å². The van der Waals surface area contributed by atoms with Gasteiger partial charge in [-0.15, -0.1) is 0 Å². The second-order valence-corrected chi connectivity index (χ2v) is 5.25. The monoisotopic (exact) mass is 285 g/mol. The maximum absolute atomic E-state index is 13.0. The van der Waals surface area contributed by atoms with Crippen LogP contribution in [0.5, 0.6) is 0 Å². The third kappa shape index (κ3) is 3.05. The van der Waals surface area contributed by atoms with E-state index in [9.17, 15) is 4.39 Å². The third-order valence-electron chi connectivity index (χ3n) is 3.11. The highest BCUT2D eigenvalue weighted by Crippen LogP contribution is 2.28. The van der Waals surface area contributed by atoms with Gasteiger partial charge < -0.3 is 0 Å². The molecule has 1 aromatic rings. The van der Waals surface area contributed by atoms with Gasteiger partial charge in [0.2, 0.25) is 0 Å². The van der Waals surface area contributed by atoms with E-state index in [-0.39, 0.29) is 5.82 Å². The molecule has 16 heavy (non-hydrogen) atoms. The Morgan fingerprint density at radius 1 is 1.44 bits per heavy atom. The van der Waals surface area contributed by atoms with E-state index >= 15 is 0 Å². The summed E-state index contributed by atoms with van der Waals surface area (Å²) in [7, 11) is 0. The standard InChI is InChI=1S/C13H17BrFN/c1-10-8-12(15)3-2-11(10)9-16(7-6-14)13-4-5-13/h2-3,8,13H,4-7,9H2,1H3. The molecule has 88 valence electrons. The Balaban J connectivity index is 2.05. The molecule has 0 aromatic heterocycles. The number of alkyl halides is 1. The molecule has 1 aliphatic rings. The molecule has 1 saturated carbocycles. The molecule has 0 heterocycles. The highest BCUT2D eigenvalue weighted by atomic mass is 79.9. The summed E-state index contributed by atoms with van der Waals surface area (Å²) in [4.78, 5) is 2.48.